The van der Waals surface area contributed by atoms with Crippen LogP contribution in [0, 0.1) is 3.57 Å². The number of halogens is 1. The topological polar surface area (TPSA) is 52.3 Å². The number of hydrogen-bond donors (Lipinski definition) is 1. The van der Waals surface area contributed by atoms with E-state index in [-0.39, 0.29) is 0 Å². The van der Waals surface area contributed by atoms with Crippen LogP contribution in [0.15, 0.2) is 11.4 Å². The fourth-order valence-corrected chi connectivity index (χ4v) is 2.42. The lowest BCUT2D eigenvalue weighted by Gasteiger charge is -2.05. The molecule has 0 aliphatic carbocycles. The average Bonchev–Trinajstić information content (AvgIpc) is 2.49. The number of ether oxygens (including phenoxy) is 1. The van der Waals surface area contributed by atoms with Gasteiger partial charge < -0.3 is 10.5 Å². The molecule has 0 bridgehead atoms. The van der Waals surface area contributed by atoms with Crippen molar-refractivity contribution >= 4 is 39.9 Å². The molecule has 0 aliphatic heterocycles. The van der Waals surface area contributed by atoms with Gasteiger partial charge in [0.15, 0.2) is 0 Å². The SMILES string of the molecule is COC(=O)C(N)c1cc(I)cs1. The van der Waals surface area contributed by atoms with E-state index in [2.05, 4.69) is 27.3 Å². The Hall–Kier alpha value is -0.140. The van der Waals surface area contributed by atoms with E-state index in [1.807, 2.05) is 11.4 Å². The maximum atomic E-state index is 11.0. The van der Waals surface area contributed by atoms with Gasteiger partial charge in [-0.05, 0) is 28.7 Å². The molecule has 5 heteroatoms. The molecule has 0 radical (unpaired) electrons. The molecule has 0 saturated heterocycles. The summed E-state index contributed by atoms with van der Waals surface area (Å²) in [4.78, 5) is 11.8. The molecule has 0 aliphatic rings. The highest BCUT2D eigenvalue weighted by Crippen LogP contribution is 2.22. The van der Waals surface area contributed by atoms with Crippen LogP contribution in [0.25, 0.3) is 0 Å². The van der Waals surface area contributed by atoms with Gasteiger partial charge in [0.25, 0.3) is 0 Å². The van der Waals surface area contributed by atoms with Crippen molar-refractivity contribution in [2.45, 2.75) is 6.04 Å². The van der Waals surface area contributed by atoms with Crippen LogP contribution in [0.3, 0.4) is 0 Å². The van der Waals surface area contributed by atoms with Crippen molar-refractivity contribution in [1.82, 2.24) is 0 Å². The zero-order valence-electron chi connectivity index (χ0n) is 6.41. The minimum atomic E-state index is -0.636. The number of thiophene rings is 1. The summed E-state index contributed by atoms with van der Waals surface area (Å²) >= 11 is 3.64. The van der Waals surface area contributed by atoms with E-state index in [1.54, 1.807) is 0 Å². The van der Waals surface area contributed by atoms with Crippen molar-refractivity contribution in [3.8, 4) is 0 Å². The monoisotopic (exact) mass is 297 g/mol. The Balaban J connectivity index is 2.77. The molecule has 0 aromatic carbocycles. The van der Waals surface area contributed by atoms with Crippen molar-refractivity contribution in [3.63, 3.8) is 0 Å². The maximum Gasteiger partial charge on any atom is 0.328 e. The predicted molar refractivity (Wildman–Crippen MR) is 56.0 cm³/mol. The van der Waals surface area contributed by atoms with E-state index in [9.17, 15) is 4.79 Å². The van der Waals surface area contributed by atoms with Gasteiger partial charge in [-0.25, -0.2) is 4.79 Å². The molecule has 0 amide bonds. The smallest absolute Gasteiger partial charge is 0.328 e. The molecule has 2 N–H and O–H groups in total. The van der Waals surface area contributed by atoms with Crippen molar-refractivity contribution in [3.05, 3.63) is 19.9 Å². The largest absolute Gasteiger partial charge is 0.468 e. The van der Waals surface area contributed by atoms with E-state index >= 15 is 0 Å². The third-order valence-electron chi connectivity index (χ3n) is 1.35. The molecule has 12 heavy (non-hydrogen) atoms. The first kappa shape index (κ1) is 9.94. The second-order valence-electron chi connectivity index (χ2n) is 2.17. The summed E-state index contributed by atoms with van der Waals surface area (Å²) in [6.45, 7) is 0. The molecule has 1 atom stereocenters. The highest BCUT2D eigenvalue weighted by molar-refractivity contribution is 14.1. The van der Waals surface area contributed by atoms with Gasteiger partial charge in [0.05, 0.1) is 7.11 Å². The number of carbonyl (C=O) groups excluding carboxylic acids is 1. The number of rotatable bonds is 2. The Kier molecular flexibility index (Phi) is 3.48. The van der Waals surface area contributed by atoms with Crippen LogP contribution in [0.5, 0.6) is 0 Å². The van der Waals surface area contributed by atoms with Gasteiger partial charge in [0.2, 0.25) is 0 Å². The Morgan fingerprint density at radius 3 is 2.92 bits per heavy atom. The summed E-state index contributed by atoms with van der Waals surface area (Å²) in [6.07, 6.45) is 0. The third-order valence-corrected chi connectivity index (χ3v) is 3.41. The highest BCUT2D eigenvalue weighted by atomic mass is 127. The quantitative estimate of drug-likeness (QED) is 0.665. The van der Waals surface area contributed by atoms with Gasteiger partial charge in [-0.1, -0.05) is 0 Å². The molecule has 1 unspecified atom stereocenters. The number of esters is 1. The average molecular weight is 297 g/mol. The van der Waals surface area contributed by atoms with Crippen LogP contribution >= 0.6 is 33.9 Å². The number of hydrogen-bond acceptors (Lipinski definition) is 4. The van der Waals surface area contributed by atoms with Crippen molar-refractivity contribution < 1.29 is 9.53 Å². The molecule has 0 saturated carbocycles. The lowest BCUT2D eigenvalue weighted by Crippen LogP contribution is -2.21. The van der Waals surface area contributed by atoms with Crippen LogP contribution in [-0.2, 0) is 9.53 Å². The number of methoxy groups -OCH3 is 1. The van der Waals surface area contributed by atoms with E-state index in [0.29, 0.717) is 0 Å². The summed E-state index contributed by atoms with van der Waals surface area (Å²) in [5.74, 6) is -0.395. The van der Waals surface area contributed by atoms with E-state index in [1.165, 1.54) is 18.4 Å². The van der Waals surface area contributed by atoms with E-state index in [0.717, 1.165) is 8.45 Å². The standard InChI is InChI=1S/C7H8INO2S/c1-11-7(10)6(9)5-2-4(8)3-12-5/h2-3,6H,9H2,1H3. The normalized spacial score (nSPS) is 12.6. The molecule has 0 fully saturated rings. The lowest BCUT2D eigenvalue weighted by molar-refractivity contribution is -0.142. The first-order chi connectivity index (χ1) is 5.65. The van der Waals surface area contributed by atoms with Crippen molar-refractivity contribution in [2.24, 2.45) is 5.73 Å². The van der Waals surface area contributed by atoms with Crippen LogP contribution in [0.2, 0.25) is 0 Å². The molecule has 3 nitrogen and oxygen atoms in total. The summed E-state index contributed by atoms with van der Waals surface area (Å²) in [7, 11) is 1.33. The van der Waals surface area contributed by atoms with E-state index < -0.39 is 12.0 Å². The summed E-state index contributed by atoms with van der Waals surface area (Å²) in [5, 5.41) is 1.94. The summed E-state index contributed by atoms with van der Waals surface area (Å²) in [5.41, 5.74) is 5.59. The van der Waals surface area contributed by atoms with Gasteiger partial charge in [-0.3, -0.25) is 0 Å². The number of carbonyl (C=O) groups is 1. The lowest BCUT2D eigenvalue weighted by atomic mass is 10.3. The number of nitrogens with two attached hydrogens (primary N) is 1. The molecule has 1 aromatic rings. The predicted octanol–water partition coefficient (Wildman–Crippen LogP) is 1.53. The first-order valence-corrected chi connectivity index (χ1v) is 5.18. The summed E-state index contributed by atoms with van der Waals surface area (Å²) in [6, 6.07) is 1.25. The molecular formula is C7H8INO2S. The Morgan fingerprint density at radius 2 is 2.50 bits per heavy atom. The van der Waals surface area contributed by atoms with Crippen molar-refractivity contribution in [1.29, 1.82) is 0 Å². The van der Waals surface area contributed by atoms with Crippen LogP contribution in [0.1, 0.15) is 10.9 Å². The Bertz CT molecular complexity index is 287. The minimum Gasteiger partial charge on any atom is -0.468 e. The Morgan fingerprint density at radius 1 is 1.83 bits per heavy atom. The molecular weight excluding hydrogens is 289 g/mol. The molecule has 1 heterocycles. The molecule has 1 rings (SSSR count). The highest BCUT2D eigenvalue weighted by Gasteiger charge is 2.17. The van der Waals surface area contributed by atoms with Crippen LogP contribution < -0.4 is 5.73 Å². The zero-order chi connectivity index (χ0) is 9.14. The molecule has 0 spiro atoms. The van der Waals surface area contributed by atoms with E-state index in [4.69, 9.17) is 5.73 Å². The Labute approximate surface area is 88.0 Å². The minimum absolute atomic E-state index is 0.395. The van der Waals surface area contributed by atoms with Crippen LogP contribution in [0.4, 0.5) is 0 Å². The van der Waals surface area contributed by atoms with Gasteiger partial charge >= 0.3 is 5.97 Å². The summed E-state index contributed by atoms with van der Waals surface area (Å²) < 4.78 is 5.61. The first-order valence-electron chi connectivity index (χ1n) is 3.22. The fourth-order valence-electron chi connectivity index (χ4n) is 0.734. The molecule has 1 aromatic heterocycles. The second kappa shape index (κ2) is 4.20. The third kappa shape index (κ3) is 2.18. The van der Waals surface area contributed by atoms with Gasteiger partial charge in [0.1, 0.15) is 6.04 Å². The maximum absolute atomic E-state index is 11.0. The van der Waals surface area contributed by atoms with Crippen molar-refractivity contribution in [2.75, 3.05) is 7.11 Å². The van der Waals surface area contributed by atoms with Crippen LogP contribution in [-0.4, -0.2) is 13.1 Å². The zero-order valence-corrected chi connectivity index (χ0v) is 9.39. The van der Waals surface area contributed by atoms with Gasteiger partial charge in [-0.15, -0.1) is 11.3 Å². The molecule has 66 valence electrons. The second-order valence-corrected chi connectivity index (χ2v) is 4.36. The van der Waals surface area contributed by atoms with Gasteiger partial charge in [-0.2, -0.15) is 0 Å². The van der Waals surface area contributed by atoms with Gasteiger partial charge in [0, 0.05) is 13.8 Å². The fraction of sp³-hybridized carbons (Fsp3) is 0.286.